The van der Waals surface area contributed by atoms with Gasteiger partial charge in [0.05, 0.1) is 4.92 Å². The second kappa shape index (κ2) is 3.48. The van der Waals surface area contributed by atoms with Crippen molar-refractivity contribution in [2.75, 3.05) is 0 Å². The summed E-state index contributed by atoms with van der Waals surface area (Å²) in [6.45, 7) is 0. The molecule has 0 spiro atoms. The van der Waals surface area contributed by atoms with Gasteiger partial charge in [0.2, 0.25) is 11.6 Å². The molecular formula is C7H3F2NO5. The number of aromatic carboxylic acids is 1. The second-order valence-electron chi connectivity index (χ2n) is 2.48. The number of aromatic hydroxyl groups is 1. The van der Waals surface area contributed by atoms with E-state index < -0.39 is 39.5 Å². The van der Waals surface area contributed by atoms with Gasteiger partial charge in [0.1, 0.15) is 5.56 Å². The minimum absolute atomic E-state index is 0.246. The number of phenols is 1. The Labute approximate surface area is 80.5 Å². The van der Waals surface area contributed by atoms with Crippen LogP contribution in [0.5, 0.6) is 5.75 Å². The number of hydrogen-bond acceptors (Lipinski definition) is 4. The Kier molecular flexibility index (Phi) is 2.51. The van der Waals surface area contributed by atoms with Gasteiger partial charge in [-0.1, -0.05) is 0 Å². The first-order valence-corrected chi connectivity index (χ1v) is 3.45. The summed E-state index contributed by atoms with van der Waals surface area (Å²) >= 11 is 0. The lowest BCUT2D eigenvalue weighted by Crippen LogP contribution is -2.05. The van der Waals surface area contributed by atoms with Crippen LogP contribution in [0, 0.1) is 21.7 Å². The summed E-state index contributed by atoms with van der Waals surface area (Å²) in [4.78, 5) is 19.4. The normalized spacial score (nSPS) is 10.0. The average Bonchev–Trinajstić information content (AvgIpc) is 2.13. The van der Waals surface area contributed by atoms with Crippen molar-refractivity contribution in [2.24, 2.45) is 0 Å². The first kappa shape index (κ1) is 10.8. The first-order valence-electron chi connectivity index (χ1n) is 3.45. The lowest BCUT2D eigenvalue weighted by Gasteiger charge is -2.01. The Morgan fingerprint density at radius 1 is 1.40 bits per heavy atom. The fourth-order valence-corrected chi connectivity index (χ4v) is 0.898. The number of nitro benzene ring substituents is 1. The topological polar surface area (TPSA) is 101 Å². The van der Waals surface area contributed by atoms with Crippen LogP contribution in [0.3, 0.4) is 0 Å². The van der Waals surface area contributed by atoms with Crippen molar-refractivity contribution in [2.45, 2.75) is 0 Å². The molecule has 2 N–H and O–H groups in total. The van der Waals surface area contributed by atoms with Crippen LogP contribution < -0.4 is 0 Å². The van der Waals surface area contributed by atoms with Gasteiger partial charge >= 0.3 is 11.7 Å². The van der Waals surface area contributed by atoms with E-state index >= 15 is 0 Å². The Morgan fingerprint density at radius 3 is 2.33 bits per heavy atom. The highest BCUT2D eigenvalue weighted by molar-refractivity contribution is 5.89. The van der Waals surface area contributed by atoms with Gasteiger partial charge in [0, 0.05) is 6.07 Å². The Balaban J connectivity index is 3.59. The molecule has 0 aliphatic rings. The van der Waals surface area contributed by atoms with Gasteiger partial charge in [0.15, 0.2) is 5.82 Å². The predicted octanol–water partition coefficient (Wildman–Crippen LogP) is 1.28. The van der Waals surface area contributed by atoms with Gasteiger partial charge in [-0.25, -0.2) is 9.18 Å². The van der Waals surface area contributed by atoms with Gasteiger partial charge in [-0.2, -0.15) is 4.39 Å². The molecule has 1 aromatic rings. The maximum Gasteiger partial charge on any atom is 0.339 e. The molecule has 0 saturated heterocycles. The van der Waals surface area contributed by atoms with E-state index in [0.717, 1.165) is 0 Å². The van der Waals surface area contributed by atoms with E-state index in [0.29, 0.717) is 0 Å². The lowest BCUT2D eigenvalue weighted by molar-refractivity contribution is -0.386. The molecule has 0 radical (unpaired) electrons. The first-order chi connectivity index (χ1) is 6.86. The Morgan fingerprint density at radius 2 is 1.93 bits per heavy atom. The molecule has 0 heterocycles. The van der Waals surface area contributed by atoms with Crippen molar-refractivity contribution < 1.29 is 28.7 Å². The van der Waals surface area contributed by atoms with E-state index in [1.807, 2.05) is 0 Å². The van der Waals surface area contributed by atoms with Crippen LogP contribution >= 0.6 is 0 Å². The van der Waals surface area contributed by atoms with Crippen LogP contribution in [-0.2, 0) is 0 Å². The predicted molar refractivity (Wildman–Crippen MR) is 41.6 cm³/mol. The second-order valence-corrected chi connectivity index (χ2v) is 2.48. The van der Waals surface area contributed by atoms with E-state index in [1.54, 1.807) is 0 Å². The number of carboxylic acid groups (broad SMARTS) is 1. The zero-order valence-electron chi connectivity index (χ0n) is 6.90. The number of halogens is 2. The van der Waals surface area contributed by atoms with Gasteiger partial charge in [0.25, 0.3) is 0 Å². The van der Waals surface area contributed by atoms with Crippen molar-refractivity contribution >= 4 is 11.7 Å². The number of carboxylic acids is 1. The molecule has 80 valence electrons. The maximum absolute atomic E-state index is 12.8. The fourth-order valence-electron chi connectivity index (χ4n) is 0.898. The molecule has 0 unspecified atom stereocenters. The number of benzene rings is 1. The molecule has 0 fully saturated rings. The van der Waals surface area contributed by atoms with Crippen molar-refractivity contribution in [3.05, 3.63) is 33.4 Å². The number of hydrogen-bond donors (Lipinski definition) is 2. The lowest BCUT2D eigenvalue weighted by atomic mass is 10.1. The van der Waals surface area contributed by atoms with E-state index in [-0.39, 0.29) is 6.07 Å². The summed E-state index contributed by atoms with van der Waals surface area (Å²) in [5.74, 6) is -7.19. The van der Waals surface area contributed by atoms with E-state index in [4.69, 9.17) is 10.2 Å². The minimum Gasteiger partial charge on any atom is -0.500 e. The molecular weight excluding hydrogens is 216 g/mol. The van der Waals surface area contributed by atoms with E-state index in [1.165, 1.54) is 0 Å². The molecule has 6 nitrogen and oxygen atoms in total. The van der Waals surface area contributed by atoms with Gasteiger partial charge in [-0.3, -0.25) is 10.1 Å². The molecule has 0 saturated carbocycles. The van der Waals surface area contributed by atoms with Crippen LogP contribution in [0.25, 0.3) is 0 Å². The monoisotopic (exact) mass is 219 g/mol. The fraction of sp³-hybridized carbons (Fsp3) is 0. The maximum atomic E-state index is 12.8. The third-order valence-corrected chi connectivity index (χ3v) is 1.59. The van der Waals surface area contributed by atoms with Gasteiger partial charge in [-0.15, -0.1) is 0 Å². The van der Waals surface area contributed by atoms with Crippen LogP contribution in [0.4, 0.5) is 14.5 Å². The van der Waals surface area contributed by atoms with Crippen molar-refractivity contribution in [3.63, 3.8) is 0 Å². The van der Waals surface area contributed by atoms with Crippen molar-refractivity contribution in [3.8, 4) is 5.75 Å². The zero-order chi connectivity index (χ0) is 11.7. The molecule has 0 aliphatic heterocycles. The summed E-state index contributed by atoms with van der Waals surface area (Å²) < 4.78 is 25.6. The third-order valence-electron chi connectivity index (χ3n) is 1.59. The highest BCUT2D eigenvalue weighted by atomic mass is 19.2. The quantitative estimate of drug-likeness (QED) is 0.576. The number of nitro groups is 1. The molecule has 0 aromatic heterocycles. The summed E-state index contributed by atoms with van der Waals surface area (Å²) in [6, 6.07) is 0.246. The molecule has 0 aliphatic carbocycles. The number of nitrogens with zero attached hydrogens (tertiary/aromatic N) is 1. The zero-order valence-corrected chi connectivity index (χ0v) is 6.90. The van der Waals surface area contributed by atoms with Gasteiger partial charge < -0.3 is 10.2 Å². The SMILES string of the molecule is O=C(O)c1cc([N+](=O)[O-])c(O)c(F)c1F. The minimum atomic E-state index is -1.96. The molecule has 0 bridgehead atoms. The summed E-state index contributed by atoms with van der Waals surface area (Å²) in [7, 11) is 0. The van der Waals surface area contributed by atoms with E-state index in [2.05, 4.69) is 0 Å². The molecule has 8 heteroatoms. The highest BCUT2D eigenvalue weighted by Crippen LogP contribution is 2.32. The highest BCUT2D eigenvalue weighted by Gasteiger charge is 2.27. The number of phenolic OH excluding ortho intramolecular Hbond substituents is 1. The molecule has 0 amide bonds. The summed E-state index contributed by atoms with van der Waals surface area (Å²) in [5, 5.41) is 27.4. The Hall–Kier alpha value is -2.25. The number of carbonyl (C=O) groups is 1. The molecule has 0 atom stereocenters. The molecule has 15 heavy (non-hydrogen) atoms. The smallest absolute Gasteiger partial charge is 0.339 e. The largest absolute Gasteiger partial charge is 0.500 e. The Bertz CT molecular complexity index is 421. The van der Waals surface area contributed by atoms with Crippen LogP contribution in [0.2, 0.25) is 0 Å². The summed E-state index contributed by atoms with van der Waals surface area (Å²) in [5.41, 5.74) is -2.41. The standard InChI is InChI=1S/C7H3F2NO5/c8-4-2(7(12)13)1-3(10(14)15)6(11)5(4)9/h1,11H,(H,12,13). The van der Waals surface area contributed by atoms with Crippen molar-refractivity contribution in [1.82, 2.24) is 0 Å². The van der Waals surface area contributed by atoms with Crippen LogP contribution in [0.1, 0.15) is 10.4 Å². The third kappa shape index (κ3) is 1.68. The van der Waals surface area contributed by atoms with Gasteiger partial charge in [-0.05, 0) is 0 Å². The van der Waals surface area contributed by atoms with E-state index in [9.17, 15) is 23.7 Å². The average molecular weight is 219 g/mol. The number of rotatable bonds is 2. The van der Waals surface area contributed by atoms with Crippen LogP contribution in [-0.4, -0.2) is 21.1 Å². The molecule has 1 rings (SSSR count). The van der Waals surface area contributed by atoms with Crippen LogP contribution in [0.15, 0.2) is 6.07 Å². The van der Waals surface area contributed by atoms with Crippen molar-refractivity contribution in [1.29, 1.82) is 0 Å². The summed E-state index contributed by atoms with van der Waals surface area (Å²) in [6.07, 6.45) is 0. The molecule has 1 aromatic carbocycles.